The number of hydrogen-bond donors (Lipinski definition) is 1. The van der Waals surface area contributed by atoms with Gasteiger partial charge in [0, 0.05) is 25.2 Å². The van der Waals surface area contributed by atoms with Crippen LogP contribution >= 0.6 is 12.4 Å². The van der Waals surface area contributed by atoms with E-state index in [1.165, 1.54) is 0 Å². The van der Waals surface area contributed by atoms with Crippen LogP contribution in [0, 0.1) is 5.41 Å². The predicted molar refractivity (Wildman–Crippen MR) is 83.7 cm³/mol. The first-order chi connectivity index (χ1) is 9.97. The van der Waals surface area contributed by atoms with Crippen LogP contribution in [0.25, 0.3) is 11.5 Å². The molecule has 1 atom stereocenters. The number of furan rings is 1. The average molecular weight is 326 g/mol. The molecule has 1 unspecified atom stereocenters. The second kappa shape index (κ2) is 6.14. The van der Waals surface area contributed by atoms with E-state index < -0.39 is 0 Å². The zero-order valence-electron chi connectivity index (χ0n) is 12.6. The average Bonchev–Trinajstić information content (AvgIpc) is 3.10. The molecule has 0 spiro atoms. The number of hydrogen-bond acceptors (Lipinski definition) is 5. The number of nitrogens with zero attached hydrogens (tertiary/aromatic N) is 2. The fraction of sp³-hybridized carbons (Fsp3) is 0.467. The molecule has 1 fully saturated rings. The maximum atomic E-state index is 12.5. The minimum absolute atomic E-state index is 0. The van der Waals surface area contributed by atoms with E-state index >= 15 is 0 Å². The van der Waals surface area contributed by atoms with Gasteiger partial charge < -0.3 is 19.6 Å². The van der Waals surface area contributed by atoms with Crippen LogP contribution in [-0.4, -0.2) is 35.1 Å². The molecule has 1 aliphatic heterocycles. The summed E-state index contributed by atoms with van der Waals surface area (Å²) in [6.07, 6.45) is 2.34. The Bertz CT molecular complexity index is 636. The second-order valence-electron chi connectivity index (χ2n) is 6.16. The third-order valence-electron chi connectivity index (χ3n) is 4.09. The molecule has 0 saturated carbocycles. The lowest BCUT2D eigenvalue weighted by molar-refractivity contribution is 0.0523. The van der Waals surface area contributed by atoms with Gasteiger partial charge in [0.25, 0.3) is 5.91 Å². The summed E-state index contributed by atoms with van der Waals surface area (Å²) in [6.45, 7) is 5.42. The van der Waals surface area contributed by atoms with Crippen molar-refractivity contribution < 1.29 is 13.7 Å². The molecule has 0 bridgehead atoms. The van der Waals surface area contributed by atoms with E-state index in [0.717, 1.165) is 6.42 Å². The molecule has 7 heteroatoms. The van der Waals surface area contributed by atoms with Crippen LogP contribution in [-0.2, 0) is 0 Å². The van der Waals surface area contributed by atoms with Crippen molar-refractivity contribution in [2.24, 2.45) is 11.1 Å². The molecular weight excluding hydrogens is 306 g/mol. The van der Waals surface area contributed by atoms with Crippen molar-refractivity contribution >= 4 is 18.3 Å². The standard InChI is InChI=1S/C15H19N3O3.ClH/c1-15(2)9-18(6-5-13(15)16)14(19)10-8-12(21-17-10)11-4-3-7-20-11;/h3-4,7-8,13H,5-6,9,16H2,1-2H3;1H. The number of rotatable bonds is 2. The van der Waals surface area contributed by atoms with Crippen molar-refractivity contribution in [1.29, 1.82) is 0 Å². The largest absolute Gasteiger partial charge is 0.461 e. The molecule has 3 rings (SSSR count). The molecule has 22 heavy (non-hydrogen) atoms. The van der Waals surface area contributed by atoms with Crippen molar-refractivity contribution in [2.75, 3.05) is 13.1 Å². The minimum atomic E-state index is -0.128. The summed E-state index contributed by atoms with van der Waals surface area (Å²) in [6, 6.07) is 5.24. The molecule has 2 N–H and O–H groups in total. The van der Waals surface area contributed by atoms with E-state index in [1.807, 2.05) is 0 Å². The van der Waals surface area contributed by atoms with Crippen LogP contribution in [0.4, 0.5) is 0 Å². The highest BCUT2D eigenvalue weighted by Crippen LogP contribution is 2.29. The van der Waals surface area contributed by atoms with Gasteiger partial charge in [0.1, 0.15) is 0 Å². The molecule has 1 saturated heterocycles. The molecule has 0 aromatic carbocycles. The summed E-state index contributed by atoms with van der Waals surface area (Å²) >= 11 is 0. The summed E-state index contributed by atoms with van der Waals surface area (Å²) in [5.74, 6) is 0.885. The van der Waals surface area contributed by atoms with Crippen molar-refractivity contribution in [1.82, 2.24) is 10.1 Å². The lowest BCUT2D eigenvalue weighted by Gasteiger charge is -2.42. The molecule has 1 amide bonds. The lowest BCUT2D eigenvalue weighted by Crippen LogP contribution is -2.54. The van der Waals surface area contributed by atoms with Gasteiger partial charge in [-0.1, -0.05) is 19.0 Å². The van der Waals surface area contributed by atoms with Gasteiger partial charge in [-0.2, -0.15) is 0 Å². The van der Waals surface area contributed by atoms with Gasteiger partial charge in [0.05, 0.1) is 6.26 Å². The number of nitrogens with two attached hydrogens (primary N) is 1. The van der Waals surface area contributed by atoms with Crippen molar-refractivity contribution in [3.05, 3.63) is 30.2 Å². The Morgan fingerprint density at radius 3 is 2.86 bits per heavy atom. The number of halogens is 1. The van der Waals surface area contributed by atoms with Crippen molar-refractivity contribution in [3.63, 3.8) is 0 Å². The van der Waals surface area contributed by atoms with Gasteiger partial charge in [0.15, 0.2) is 11.5 Å². The fourth-order valence-corrected chi connectivity index (χ4v) is 2.62. The van der Waals surface area contributed by atoms with Gasteiger partial charge in [-0.25, -0.2) is 0 Å². The summed E-state index contributed by atoms with van der Waals surface area (Å²) < 4.78 is 10.4. The van der Waals surface area contributed by atoms with E-state index in [1.54, 1.807) is 29.4 Å². The molecule has 0 aliphatic carbocycles. The predicted octanol–water partition coefficient (Wildman–Crippen LogP) is 2.56. The summed E-state index contributed by atoms with van der Waals surface area (Å²) in [7, 11) is 0. The van der Waals surface area contributed by atoms with Gasteiger partial charge in [-0.15, -0.1) is 12.4 Å². The fourth-order valence-electron chi connectivity index (χ4n) is 2.62. The number of carbonyl (C=O) groups is 1. The maximum Gasteiger partial charge on any atom is 0.276 e. The van der Waals surface area contributed by atoms with Gasteiger partial charge in [-0.05, 0) is 24.0 Å². The minimum Gasteiger partial charge on any atom is -0.461 e. The van der Waals surface area contributed by atoms with Crippen LogP contribution in [0.15, 0.2) is 33.4 Å². The van der Waals surface area contributed by atoms with E-state index in [4.69, 9.17) is 14.7 Å². The topological polar surface area (TPSA) is 85.5 Å². The highest BCUT2D eigenvalue weighted by Gasteiger charge is 2.36. The Balaban J connectivity index is 0.00000176. The van der Waals surface area contributed by atoms with E-state index in [0.29, 0.717) is 30.3 Å². The number of likely N-dealkylation sites (tertiary alicyclic amines) is 1. The lowest BCUT2D eigenvalue weighted by atomic mass is 9.79. The number of piperidine rings is 1. The Hall–Kier alpha value is -1.79. The molecule has 2 aromatic rings. The van der Waals surface area contributed by atoms with Gasteiger partial charge in [-0.3, -0.25) is 4.79 Å². The molecule has 6 nitrogen and oxygen atoms in total. The van der Waals surface area contributed by atoms with E-state index in [-0.39, 0.29) is 29.8 Å². The smallest absolute Gasteiger partial charge is 0.276 e. The maximum absolute atomic E-state index is 12.5. The SMILES string of the molecule is CC1(C)CN(C(=O)c2cc(-c3ccco3)on2)CCC1N.Cl. The highest BCUT2D eigenvalue weighted by molar-refractivity contribution is 5.93. The Labute approximate surface area is 135 Å². The Morgan fingerprint density at radius 1 is 1.45 bits per heavy atom. The molecule has 0 radical (unpaired) electrons. The Kier molecular flexibility index (Phi) is 4.63. The van der Waals surface area contributed by atoms with Crippen LogP contribution in [0.1, 0.15) is 30.8 Å². The zero-order chi connectivity index (χ0) is 15.0. The normalized spacial score (nSPS) is 20.5. The first kappa shape index (κ1) is 16.6. The molecule has 1 aliphatic rings. The van der Waals surface area contributed by atoms with E-state index in [2.05, 4.69) is 19.0 Å². The van der Waals surface area contributed by atoms with Gasteiger partial charge >= 0.3 is 0 Å². The molecule has 2 aromatic heterocycles. The van der Waals surface area contributed by atoms with Crippen LogP contribution in [0.3, 0.4) is 0 Å². The van der Waals surface area contributed by atoms with Crippen LogP contribution in [0.5, 0.6) is 0 Å². The second-order valence-corrected chi connectivity index (χ2v) is 6.16. The van der Waals surface area contributed by atoms with Gasteiger partial charge in [0.2, 0.25) is 5.76 Å². The number of aromatic nitrogens is 1. The van der Waals surface area contributed by atoms with Crippen molar-refractivity contribution in [2.45, 2.75) is 26.3 Å². The molecule has 3 heterocycles. The summed E-state index contributed by atoms with van der Waals surface area (Å²) in [5.41, 5.74) is 6.30. The third-order valence-corrected chi connectivity index (χ3v) is 4.09. The quantitative estimate of drug-likeness (QED) is 0.917. The number of carbonyl (C=O) groups excluding carboxylic acids is 1. The Morgan fingerprint density at radius 2 is 2.23 bits per heavy atom. The monoisotopic (exact) mass is 325 g/mol. The molecule has 120 valence electrons. The first-order valence-corrected chi connectivity index (χ1v) is 7.03. The summed E-state index contributed by atoms with van der Waals surface area (Å²) in [5, 5.41) is 3.86. The van der Waals surface area contributed by atoms with Crippen molar-refractivity contribution in [3.8, 4) is 11.5 Å². The third kappa shape index (κ3) is 3.03. The zero-order valence-corrected chi connectivity index (χ0v) is 13.4. The summed E-state index contributed by atoms with van der Waals surface area (Å²) in [4.78, 5) is 14.3. The molecular formula is C15H20ClN3O3. The first-order valence-electron chi connectivity index (χ1n) is 7.03. The highest BCUT2D eigenvalue weighted by atomic mass is 35.5. The van der Waals surface area contributed by atoms with Crippen LogP contribution < -0.4 is 5.73 Å². The van der Waals surface area contributed by atoms with Crippen LogP contribution in [0.2, 0.25) is 0 Å². The van der Waals surface area contributed by atoms with E-state index in [9.17, 15) is 4.79 Å². The number of amides is 1.